The number of ketones is 1. The maximum absolute atomic E-state index is 13.3. The summed E-state index contributed by atoms with van der Waals surface area (Å²) < 4.78 is 21.0. The summed E-state index contributed by atoms with van der Waals surface area (Å²) in [7, 11) is -3.04. The molecule has 0 saturated carbocycles. The zero-order valence-electron chi connectivity index (χ0n) is 30.3. The van der Waals surface area contributed by atoms with Crippen LogP contribution in [0.2, 0.25) is 0 Å². The number of nitrogens with zero attached hydrogens (tertiary/aromatic N) is 1. The van der Waals surface area contributed by atoms with Crippen molar-refractivity contribution in [1.29, 1.82) is 0 Å². The van der Waals surface area contributed by atoms with Gasteiger partial charge in [-0.2, -0.15) is 0 Å². The molecule has 1 N–H and O–H groups in total. The van der Waals surface area contributed by atoms with E-state index in [4.69, 9.17) is 16.1 Å². The highest BCUT2D eigenvalue weighted by Gasteiger charge is 2.40. The van der Waals surface area contributed by atoms with Crippen LogP contribution in [0.3, 0.4) is 0 Å². The molecule has 0 spiro atoms. The molecule has 2 unspecified atom stereocenters. The number of rotatable bonds is 25. The molecule has 0 amide bonds. The molecule has 0 aromatic carbocycles. The van der Waals surface area contributed by atoms with Gasteiger partial charge in [-0.25, -0.2) is 9.76 Å². The molecule has 264 valence electrons. The molecule has 46 heavy (non-hydrogen) atoms. The number of Topliss-reactive ketones (excluding diaryl/α,β-unsaturated/α-hetero) is 1. The molecule has 1 aliphatic heterocycles. The minimum atomic E-state index is -3.04. The van der Waals surface area contributed by atoms with Gasteiger partial charge < -0.3 is 4.52 Å². The minimum Gasteiger partial charge on any atom is -0.306 e. The van der Waals surface area contributed by atoms with Crippen LogP contribution in [0.15, 0.2) is 58.2 Å². The molecule has 1 fully saturated rings. The lowest BCUT2D eigenvalue weighted by Crippen LogP contribution is -2.41. The number of hydrogen-bond donors (Lipinski definition) is 1. The number of allylic oxidation sites excluding steroid dienone is 10. The molecule has 0 aromatic heterocycles. The molecule has 0 aliphatic carbocycles. The summed E-state index contributed by atoms with van der Waals surface area (Å²) in [4.78, 5) is 12.6. The van der Waals surface area contributed by atoms with Crippen molar-refractivity contribution in [3.63, 3.8) is 0 Å². The summed E-state index contributed by atoms with van der Waals surface area (Å²) in [6.07, 6.45) is 25.4. The van der Waals surface area contributed by atoms with Crippen molar-refractivity contribution in [3.8, 4) is 0 Å². The summed E-state index contributed by atoms with van der Waals surface area (Å²) in [5.41, 5.74) is 7.16. The van der Waals surface area contributed by atoms with E-state index in [1.54, 1.807) is 11.8 Å². The van der Waals surface area contributed by atoms with Crippen LogP contribution < -0.4 is 5.09 Å². The number of hydrogen-bond acceptors (Lipinski definition) is 4. The van der Waals surface area contributed by atoms with Crippen LogP contribution in [0.1, 0.15) is 138 Å². The molecule has 0 aromatic rings. The standard InChI is InChI=1S/C38H66ClN2O3PS/c1-8-28-40-45(43)41(29-27-39)38(26-30-44-45)46-31-14-23-37(42)25-24-36(7)22-13-20-34(5)17-10-9-16-33(4)19-12-21-35(6)18-11-15-32(2)3/h15-17,21-22,38H,8-14,18-20,23-31H2,1-7H3,(H,40,43)/b33-16+,34-17+,35-21+,36-22+. The lowest BCUT2D eigenvalue weighted by molar-refractivity contribution is -0.119. The van der Waals surface area contributed by atoms with Crippen LogP contribution in [0.4, 0.5) is 0 Å². The monoisotopic (exact) mass is 696 g/mol. The highest BCUT2D eigenvalue weighted by Crippen LogP contribution is 2.53. The molecule has 5 nitrogen and oxygen atoms in total. The molecule has 0 bridgehead atoms. The maximum Gasteiger partial charge on any atom is 0.344 e. The Kier molecular flexibility index (Phi) is 24.4. The molecule has 0 radical (unpaired) electrons. The van der Waals surface area contributed by atoms with Crippen LogP contribution >= 0.6 is 31.0 Å². The van der Waals surface area contributed by atoms with Crippen molar-refractivity contribution >= 4 is 36.8 Å². The van der Waals surface area contributed by atoms with Crippen LogP contribution in [0.25, 0.3) is 0 Å². The van der Waals surface area contributed by atoms with E-state index in [-0.39, 0.29) is 5.37 Å². The van der Waals surface area contributed by atoms with Crippen molar-refractivity contribution in [2.45, 2.75) is 144 Å². The summed E-state index contributed by atoms with van der Waals surface area (Å²) in [6, 6.07) is 0. The molecule has 2 atom stereocenters. The summed E-state index contributed by atoms with van der Waals surface area (Å²) in [5.74, 6) is 1.61. The first kappa shape index (κ1) is 43.1. The fraction of sp³-hybridized carbons (Fsp3) is 0.711. The minimum absolute atomic E-state index is 0.102. The molecule has 8 heteroatoms. The number of carbonyl (C=O) groups is 1. The maximum atomic E-state index is 13.3. The van der Waals surface area contributed by atoms with Gasteiger partial charge in [0.1, 0.15) is 5.78 Å². The fourth-order valence-electron chi connectivity index (χ4n) is 5.29. The number of thioether (sulfide) groups is 1. The normalized spacial score (nSPS) is 20.3. The Morgan fingerprint density at radius 2 is 1.37 bits per heavy atom. The Bertz CT molecular complexity index is 1080. The van der Waals surface area contributed by atoms with Gasteiger partial charge in [-0.15, -0.1) is 23.4 Å². The highest BCUT2D eigenvalue weighted by atomic mass is 35.5. The van der Waals surface area contributed by atoms with Gasteiger partial charge in [-0.05, 0) is 124 Å². The van der Waals surface area contributed by atoms with E-state index in [2.05, 4.69) is 77.0 Å². The van der Waals surface area contributed by atoms with Gasteiger partial charge in [0.2, 0.25) is 0 Å². The number of alkyl halides is 1. The lowest BCUT2D eigenvalue weighted by Gasteiger charge is -2.40. The van der Waals surface area contributed by atoms with Gasteiger partial charge in [0.05, 0.1) is 12.0 Å². The fourth-order valence-corrected chi connectivity index (χ4v) is 9.38. The van der Waals surface area contributed by atoms with Crippen LogP contribution in [0.5, 0.6) is 0 Å². The quantitative estimate of drug-likeness (QED) is 0.0444. The number of nitrogens with one attached hydrogen (secondary N) is 1. The average Bonchev–Trinajstić information content (AvgIpc) is 3.01. The predicted molar refractivity (Wildman–Crippen MR) is 205 cm³/mol. The Morgan fingerprint density at radius 1 is 0.826 bits per heavy atom. The van der Waals surface area contributed by atoms with E-state index in [9.17, 15) is 9.36 Å². The smallest absolute Gasteiger partial charge is 0.306 e. The van der Waals surface area contributed by atoms with Crippen molar-refractivity contribution in [2.24, 2.45) is 0 Å². The zero-order valence-corrected chi connectivity index (χ0v) is 32.8. The lowest BCUT2D eigenvalue weighted by atomic mass is 10.0. The SMILES string of the molecule is CCCNP1(=O)OCCC(SCCCC(=O)CC/C(C)=C/CC/C(C)=C/CC/C=C(\C)CC/C=C(\C)CCC=C(C)C)N1CCCl. The van der Waals surface area contributed by atoms with Gasteiger partial charge in [0.15, 0.2) is 0 Å². The van der Waals surface area contributed by atoms with Gasteiger partial charge in [-0.1, -0.05) is 65.2 Å². The second-order valence-corrected chi connectivity index (χ2v) is 16.8. The zero-order chi connectivity index (χ0) is 34.2. The first-order chi connectivity index (χ1) is 22.0. The van der Waals surface area contributed by atoms with Crippen LogP contribution in [-0.2, 0) is 13.9 Å². The van der Waals surface area contributed by atoms with Gasteiger partial charge in [0.25, 0.3) is 0 Å². The third kappa shape index (κ3) is 20.5. The molecule has 1 heterocycles. The van der Waals surface area contributed by atoms with E-state index in [0.29, 0.717) is 44.2 Å². The van der Waals surface area contributed by atoms with Crippen molar-refractivity contribution in [3.05, 3.63) is 58.2 Å². The molecule has 1 aliphatic rings. The topological polar surface area (TPSA) is 58.6 Å². The summed E-state index contributed by atoms with van der Waals surface area (Å²) in [5, 5.41) is 3.22. The highest BCUT2D eigenvalue weighted by molar-refractivity contribution is 8.00. The van der Waals surface area contributed by atoms with E-state index in [1.807, 2.05) is 11.6 Å². The van der Waals surface area contributed by atoms with E-state index >= 15 is 0 Å². The second kappa shape index (κ2) is 26.0. The predicted octanol–water partition coefficient (Wildman–Crippen LogP) is 12.1. The Hall–Kier alpha value is -0.880. The van der Waals surface area contributed by atoms with Crippen molar-refractivity contribution < 1.29 is 13.9 Å². The first-order valence-electron chi connectivity index (χ1n) is 17.7. The Balaban J connectivity index is 2.26. The number of halogens is 1. The third-order valence-electron chi connectivity index (χ3n) is 8.19. The molecule has 1 saturated heterocycles. The summed E-state index contributed by atoms with van der Waals surface area (Å²) >= 11 is 7.80. The largest absolute Gasteiger partial charge is 0.344 e. The van der Waals surface area contributed by atoms with Gasteiger partial charge >= 0.3 is 7.67 Å². The van der Waals surface area contributed by atoms with Crippen molar-refractivity contribution in [2.75, 3.05) is 31.3 Å². The van der Waals surface area contributed by atoms with E-state index < -0.39 is 7.67 Å². The van der Waals surface area contributed by atoms with Gasteiger partial charge in [0, 0.05) is 31.8 Å². The Labute approximate surface area is 292 Å². The Morgan fingerprint density at radius 3 is 1.91 bits per heavy atom. The first-order valence-corrected chi connectivity index (χ1v) is 20.9. The molecule has 1 rings (SSSR count). The van der Waals surface area contributed by atoms with E-state index in [1.165, 1.54) is 34.3 Å². The molecular weight excluding hydrogens is 631 g/mol. The number of carbonyl (C=O) groups excluding carboxylic acids is 1. The summed E-state index contributed by atoms with van der Waals surface area (Å²) in [6.45, 7) is 16.9. The second-order valence-electron chi connectivity index (χ2n) is 13.0. The van der Waals surface area contributed by atoms with Crippen LogP contribution in [0, 0.1) is 0 Å². The number of unbranched alkanes of at least 4 members (excludes halogenated alkanes) is 1. The average molecular weight is 697 g/mol. The van der Waals surface area contributed by atoms with E-state index in [0.717, 1.165) is 76.4 Å². The van der Waals surface area contributed by atoms with Crippen molar-refractivity contribution in [1.82, 2.24) is 9.76 Å². The van der Waals surface area contributed by atoms with Gasteiger partial charge in [-0.3, -0.25) is 9.36 Å². The molecular formula is C38H66ClN2O3PS. The van der Waals surface area contributed by atoms with Crippen LogP contribution in [-0.4, -0.2) is 47.2 Å². The third-order valence-corrected chi connectivity index (χ3v) is 12.2.